The third kappa shape index (κ3) is 5.51. The topological polar surface area (TPSA) is 58.6 Å². The van der Waals surface area contributed by atoms with Crippen molar-refractivity contribution in [3.05, 3.63) is 29.3 Å². The standard InChI is InChI=1S/C15H20ClNO3S/c16-12-3-1-2-4-13(12)21-10-5-14(18)17-11-15(19)6-8-20-9-7-15/h1-4,19H,5-11H2,(H,17,18). The van der Waals surface area contributed by atoms with Gasteiger partial charge in [-0.05, 0) is 12.1 Å². The molecular formula is C15H20ClNO3S. The van der Waals surface area contributed by atoms with Crippen molar-refractivity contribution in [3.63, 3.8) is 0 Å². The first-order chi connectivity index (χ1) is 10.1. The van der Waals surface area contributed by atoms with Gasteiger partial charge >= 0.3 is 0 Å². The molecule has 0 atom stereocenters. The van der Waals surface area contributed by atoms with Crippen molar-refractivity contribution in [3.8, 4) is 0 Å². The molecule has 2 N–H and O–H groups in total. The minimum absolute atomic E-state index is 0.0468. The Labute approximate surface area is 134 Å². The maximum absolute atomic E-state index is 11.8. The molecule has 0 spiro atoms. The first kappa shape index (κ1) is 16.6. The van der Waals surface area contributed by atoms with E-state index in [0.717, 1.165) is 4.90 Å². The van der Waals surface area contributed by atoms with Crippen LogP contribution in [0.15, 0.2) is 29.2 Å². The molecule has 1 aromatic rings. The molecule has 0 unspecified atom stereocenters. The van der Waals surface area contributed by atoms with Gasteiger partial charge in [-0.15, -0.1) is 11.8 Å². The molecule has 1 heterocycles. The number of hydrogen-bond donors (Lipinski definition) is 2. The molecule has 4 nitrogen and oxygen atoms in total. The number of nitrogens with one attached hydrogen (secondary N) is 1. The largest absolute Gasteiger partial charge is 0.388 e. The number of amides is 1. The van der Waals surface area contributed by atoms with E-state index in [4.69, 9.17) is 16.3 Å². The van der Waals surface area contributed by atoms with Gasteiger partial charge in [-0.3, -0.25) is 4.79 Å². The fourth-order valence-electron chi connectivity index (χ4n) is 2.10. The molecule has 1 amide bonds. The lowest BCUT2D eigenvalue weighted by Crippen LogP contribution is -2.46. The van der Waals surface area contributed by atoms with E-state index in [1.807, 2.05) is 24.3 Å². The first-order valence-corrected chi connectivity index (χ1v) is 8.40. The summed E-state index contributed by atoms with van der Waals surface area (Å²) in [5.41, 5.74) is -0.816. The van der Waals surface area contributed by atoms with Crippen molar-refractivity contribution in [2.45, 2.75) is 29.8 Å². The highest BCUT2D eigenvalue weighted by Crippen LogP contribution is 2.26. The second-order valence-corrected chi connectivity index (χ2v) is 6.69. The minimum atomic E-state index is -0.816. The first-order valence-electron chi connectivity index (χ1n) is 7.03. The van der Waals surface area contributed by atoms with Gasteiger partial charge in [-0.25, -0.2) is 0 Å². The molecule has 1 aliphatic rings. The lowest BCUT2D eigenvalue weighted by atomic mass is 9.94. The van der Waals surface area contributed by atoms with E-state index in [2.05, 4.69) is 5.32 Å². The number of hydrogen-bond acceptors (Lipinski definition) is 4. The Morgan fingerprint density at radius 2 is 2.10 bits per heavy atom. The Balaban J connectivity index is 1.67. The molecule has 1 aromatic carbocycles. The van der Waals surface area contributed by atoms with Crippen LogP contribution in [0.5, 0.6) is 0 Å². The minimum Gasteiger partial charge on any atom is -0.388 e. The second-order valence-electron chi connectivity index (χ2n) is 5.14. The lowest BCUT2D eigenvalue weighted by Gasteiger charge is -2.32. The molecular weight excluding hydrogens is 310 g/mol. The molecule has 1 aliphatic heterocycles. The number of halogens is 1. The molecule has 21 heavy (non-hydrogen) atoms. The van der Waals surface area contributed by atoms with Crippen molar-refractivity contribution in [1.82, 2.24) is 5.32 Å². The Hall–Kier alpha value is -0.750. The summed E-state index contributed by atoms with van der Waals surface area (Å²) in [5.74, 6) is 0.617. The summed E-state index contributed by atoms with van der Waals surface area (Å²) in [6.45, 7) is 1.40. The van der Waals surface area contributed by atoms with Crippen LogP contribution >= 0.6 is 23.4 Å². The average molecular weight is 330 g/mol. The van der Waals surface area contributed by atoms with Crippen LogP contribution < -0.4 is 5.32 Å². The molecule has 0 radical (unpaired) electrons. The summed E-state index contributed by atoms with van der Waals surface area (Å²) < 4.78 is 5.21. The smallest absolute Gasteiger partial charge is 0.220 e. The molecule has 116 valence electrons. The Kier molecular flexibility index (Phi) is 6.36. The average Bonchev–Trinajstić information content (AvgIpc) is 2.48. The van der Waals surface area contributed by atoms with E-state index in [0.29, 0.717) is 49.8 Å². The zero-order valence-corrected chi connectivity index (χ0v) is 13.4. The molecule has 1 saturated heterocycles. The highest BCUT2D eigenvalue weighted by Gasteiger charge is 2.29. The van der Waals surface area contributed by atoms with Gasteiger partial charge in [-0.2, -0.15) is 0 Å². The third-order valence-corrected chi connectivity index (χ3v) is 4.98. The van der Waals surface area contributed by atoms with Gasteiger partial charge in [0.15, 0.2) is 0 Å². The SMILES string of the molecule is O=C(CCSc1ccccc1Cl)NCC1(O)CCOCC1. The van der Waals surface area contributed by atoms with Crippen LogP contribution in [-0.4, -0.2) is 42.1 Å². The van der Waals surface area contributed by atoms with E-state index in [1.165, 1.54) is 0 Å². The van der Waals surface area contributed by atoms with Crippen molar-refractivity contribution < 1.29 is 14.6 Å². The Morgan fingerprint density at radius 3 is 2.81 bits per heavy atom. The third-order valence-electron chi connectivity index (χ3n) is 3.46. The zero-order valence-electron chi connectivity index (χ0n) is 11.8. The predicted octanol–water partition coefficient (Wildman–Crippen LogP) is 2.48. The number of benzene rings is 1. The van der Waals surface area contributed by atoms with Crippen LogP contribution in [0.1, 0.15) is 19.3 Å². The fraction of sp³-hybridized carbons (Fsp3) is 0.533. The number of ether oxygens (including phenoxy) is 1. The molecule has 0 aliphatic carbocycles. The molecule has 2 rings (SSSR count). The summed E-state index contributed by atoms with van der Waals surface area (Å²) in [7, 11) is 0. The Bertz CT molecular complexity index is 478. The normalized spacial score (nSPS) is 17.4. The number of thioether (sulfide) groups is 1. The van der Waals surface area contributed by atoms with Gasteiger partial charge in [0.2, 0.25) is 5.91 Å². The van der Waals surface area contributed by atoms with E-state index in [1.54, 1.807) is 11.8 Å². The number of carbonyl (C=O) groups excluding carboxylic acids is 1. The van der Waals surface area contributed by atoms with Crippen molar-refractivity contribution in [1.29, 1.82) is 0 Å². The molecule has 0 bridgehead atoms. The molecule has 1 fully saturated rings. The van der Waals surface area contributed by atoms with Crippen LogP contribution in [0.2, 0.25) is 5.02 Å². The number of carbonyl (C=O) groups is 1. The fourth-order valence-corrected chi connectivity index (χ4v) is 3.28. The van der Waals surface area contributed by atoms with Crippen molar-refractivity contribution in [2.24, 2.45) is 0 Å². The second kappa shape index (κ2) is 8.03. The molecule has 0 aromatic heterocycles. The summed E-state index contributed by atoms with van der Waals surface area (Å²) in [5, 5.41) is 13.8. The highest BCUT2D eigenvalue weighted by atomic mass is 35.5. The van der Waals surface area contributed by atoms with Gasteiger partial charge in [-0.1, -0.05) is 23.7 Å². The maximum atomic E-state index is 11.8. The highest BCUT2D eigenvalue weighted by molar-refractivity contribution is 7.99. The van der Waals surface area contributed by atoms with Crippen LogP contribution in [0.3, 0.4) is 0 Å². The van der Waals surface area contributed by atoms with Crippen molar-refractivity contribution in [2.75, 3.05) is 25.5 Å². The van der Waals surface area contributed by atoms with Gasteiger partial charge in [0.1, 0.15) is 0 Å². The monoisotopic (exact) mass is 329 g/mol. The summed E-state index contributed by atoms with van der Waals surface area (Å²) in [6.07, 6.45) is 1.55. The number of rotatable bonds is 6. The zero-order chi connectivity index (χ0) is 15.1. The Morgan fingerprint density at radius 1 is 1.38 bits per heavy atom. The van der Waals surface area contributed by atoms with Crippen LogP contribution in [0, 0.1) is 0 Å². The van der Waals surface area contributed by atoms with E-state index >= 15 is 0 Å². The summed E-state index contributed by atoms with van der Waals surface area (Å²) in [4.78, 5) is 12.8. The summed E-state index contributed by atoms with van der Waals surface area (Å²) in [6, 6.07) is 7.59. The van der Waals surface area contributed by atoms with Gasteiger partial charge in [0.25, 0.3) is 0 Å². The van der Waals surface area contributed by atoms with E-state index < -0.39 is 5.60 Å². The van der Waals surface area contributed by atoms with Crippen LogP contribution in [0.4, 0.5) is 0 Å². The van der Waals surface area contributed by atoms with Crippen LogP contribution in [-0.2, 0) is 9.53 Å². The lowest BCUT2D eigenvalue weighted by molar-refractivity contribution is -0.123. The summed E-state index contributed by atoms with van der Waals surface area (Å²) >= 11 is 7.61. The van der Waals surface area contributed by atoms with E-state index in [-0.39, 0.29) is 5.91 Å². The predicted molar refractivity (Wildman–Crippen MR) is 84.8 cm³/mol. The van der Waals surface area contributed by atoms with E-state index in [9.17, 15) is 9.90 Å². The van der Waals surface area contributed by atoms with Crippen LogP contribution in [0.25, 0.3) is 0 Å². The van der Waals surface area contributed by atoms with Gasteiger partial charge < -0.3 is 15.2 Å². The molecule has 6 heteroatoms. The van der Waals surface area contributed by atoms with Gasteiger partial charge in [0.05, 0.1) is 10.6 Å². The van der Waals surface area contributed by atoms with Crippen molar-refractivity contribution >= 4 is 29.3 Å². The quantitative estimate of drug-likeness (QED) is 0.787. The van der Waals surface area contributed by atoms with Gasteiger partial charge in [0, 0.05) is 49.7 Å². The maximum Gasteiger partial charge on any atom is 0.220 e. The molecule has 0 saturated carbocycles. The number of aliphatic hydroxyl groups is 1.